The Hall–Kier alpha value is -2.77. The van der Waals surface area contributed by atoms with Crippen LogP contribution in [0.5, 0.6) is 11.5 Å². The maximum atomic E-state index is 13.2. The zero-order valence-corrected chi connectivity index (χ0v) is 18.6. The molecule has 3 fully saturated rings. The van der Waals surface area contributed by atoms with Gasteiger partial charge in [-0.15, -0.1) is 0 Å². The van der Waals surface area contributed by atoms with Crippen LogP contribution in [0.2, 0.25) is 0 Å². The molecule has 0 aromatic heterocycles. The maximum absolute atomic E-state index is 13.2. The lowest BCUT2D eigenvalue weighted by molar-refractivity contribution is -0.135. The van der Waals surface area contributed by atoms with Gasteiger partial charge in [-0.25, -0.2) is 4.79 Å². The van der Waals surface area contributed by atoms with Crippen molar-refractivity contribution in [3.63, 3.8) is 0 Å². The second-order valence-electron chi connectivity index (χ2n) is 9.21. The number of fused-ring (bicyclic) bond motifs is 2. The Labute approximate surface area is 182 Å². The molecule has 1 heterocycles. The summed E-state index contributed by atoms with van der Waals surface area (Å²) < 4.78 is 10.6. The van der Waals surface area contributed by atoms with E-state index in [1.54, 1.807) is 25.1 Å². The number of benzene rings is 1. The summed E-state index contributed by atoms with van der Waals surface area (Å²) in [6, 6.07) is 4.52. The van der Waals surface area contributed by atoms with Gasteiger partial charge in [-0.05, 0) is 68.6 Å². The van der Waals surface area contributed by atoms with E-state index in [1.807, 2.05) is 6.92 Å². The van der Waals surface area contributed by atoms with Crippen LogP contribution in [-0.2, 0) is 15.1 Å². The Bertz CT molecular complexity index is 903. The lowest BCUT2D eigenvalue weighted by atomic mass is 9.84. The number of nitrogens with zero attached hydrogens (tertiary/aromatic N) is 1. The topological polar surface area (TPSA) is 97.0 Å². The molecule has 0 unspecified atom stereocenters. The third-order valence-electron chi connectivity index (χ3n) is 7.36. The van der Waals surface area contributed by atoms with Crippen LogP contribution in [-0.4, -0.2) is 49.6 Å². The number of carbonyl (C=O) groups is 3. The number of hydrogen-bond donors (Lipinski definition) is 2. The van der Waals surface area contributed by atoms with E-state index in [4.69, 9.17) is 9.47 Å². The number of imide groups is 1. The summed E-state index contributed by atoms with van der Waals surface area (Å²) in [6.45, 7) is 3.37. The van der Waals surface area contributed by atoms with Gasteiger partial charge in [0, 0.05) is 6.04 Å². The van der Waals surface area contributed by atoms with Gasteiger partial charge in [0.1, 0.15) is 12.1 Å². The molecular formula is C23H31N3O5. The number of ether oxygens (including phenoxy) is 2. The highest BCUT2D eigenvalue weighted by Crippen LogP contribution is 2.49. The van der Waals surface area contributed by atoms with Crippen LogP contribution in [0.15, 0.2) is 18.2 Å². The number of urea groups is 1. The quantitative estimate of drug-likeness (QED) is 0.649. The lowest BCUT2D eigenvalue weighted by Gasteiger charge is -2.29. The van der Waals surface area contributed by atoms with E-state index < -0.39 is 17.5 Å². The molecule has 2 bridgehead atoms. The van der Waals surface area contributed by atoms with Crippen molar-refractivity contribution < 1.29 is 23.9 Å². The largest absolute Gasteiger partial charge is 0.493 e. The summed E-state index contributed by atoms with van der Waals surface area (Å²) in [5.41, 5.74) is -0.727. The molecule has 5 atom stereocenters. The van der Waals surface area contributed by atoms with Crippen molar-refractivity contribution in [2.45, 2.75) is 51.1 Å². The van der Waals surface area contributed by atoms with Gasteiger partial charge in [0.15, 0.2) is 11.5 Å². The molecule has 0 radical (unpaired) electrons. The Morgan fingerprint density at radius 1 is 1.23 bits per heavy atom. The molecule has 2 saturated carbocycles. The van der Waals surface area contributed by atoms with Crippen molar-refractivity contribution in [3.8, 4) is 11.5 Å². The van der Waals surface area contributed by atoms with Gasteiger partial charge in [0.2, 0.25) is 5.91 Å². The third kappa shape index (κ3) is 3.72. The van der Waals surface area contributed by atoms with Gasteiger partial charge < -0.3 is 20.1 Å². The van der Waals surface area contributed by atoms with E-state index in [0.29, 0.717) is 28.9 Å². The Balaban J connectivity index is 1.43. The summed E-state index contributed by atoms with van der Waals surface area (Å²) in [5.74, 6) is 2.18. The van der Waals surface area contributed by atoms with Crippen LogP contribution in [0, 0.1) is 17.8 Å². The van der Waals surface area contributed by atoms with Crippen molar-refractivity contribution in [2.75, 3.05) is 20.8 Å². The number of hydrogen-bond acceptors (Lipinski definition) is 5. The van der Waals surface area contributed by atoms with Crippen LogP contribution in [0.1, 0.15) is 45.1 Å². The minimum atomic E-state index is -1.28. The van der Waals surface area contributed by atoms with Crippen molar-refractivity contribution in [3.05, 3.63) is 23.8 Å². The van der Waals surface area contributed by atoms with Gasteiger partial charge in [-0.1, -0.05) is 12.5 Å². The molecule has 168 valence electrons. The first-order valence-electron chi connectivity index (χ1n) is 10.9. The number of nitrogens with one attached hydrogen (secondary N) is 2. The van der Waals surface area contributed by atoms with Gasteiger partial charge >= 0.3 is 6.03 Å². The molecule has 8 nitrogen and oxygen atoms in total. The second kappa shape index (κ2) is 8.05. The van der Waals surface area contributed by atoms with E-state index in [0.717, 1.165) is 17.2 Å². The Morgan fingerprint density at radius 3 is 2.58 bits per heavy atom. The SMILES string of the molecule is COc1ccc([C@]2(C)NC(=O)N(CC(=O)N[C@H](C)[C@H]3C[C@H]4CC[C@H]3C4)C2=O)cc1OC. The lowest BCUT2D eigenvalue weighted by Crippen LogP contribution is -2.47. The van der Waals surface area contributed by atoms with E-state index in [-0.39, 0.29) is 18.5 Å². The molecule has 8 heteroatoms. The van der Waals surface area contributed by atoms with Crippen molar-refractivity contribution in [1.82, 2.24) is 15.5 Å². The number of rotatable bonds is 7. The molecule has 0 spiro atoms. The number of methoxy groups -OCH3 is 2. The number of carbonyl (C=O) groups excluding carboxylic acids is 3. The van der Waals surface area contributed by atoms with E-state index >= 15 is 0 Å². The average Bonchev–Trinajstić information content (AvgIpc) is 3.44. The summed E-state index contributed by atoms with van der Waals surface area (Å²) in [4.78, 5) is 39.4. The zero-order valence-electron chi connectivity index (χ0n) is 18.6. The smallest absolute Gasteiger partial charge is 0.325 e. The number of amides is 4. The van der Waals surface area contributed by atoms with Crippen molar-refractivity contribution in [1.29, 1.82) is 0 Å². The first-order chi connectivity index (χ1) is 14.8. The molecule has 2 N–H and O–H groups in total. The molecule has 3 aliphatic rings. The maximum Gasteiger partial charge on any atom is 0.325 e. The van der Waals surface area contributed by atoms with Crippen LogP contribution < -0.4 is 20.1 Å². The van der Waals surface area contributed by atoms with Crippen LogP contribution in [0.3, 0.4) is 0 Å². The summed E-state index contributed by atoms with van der Waals surface area (Å²) in [6.07, 6.45) is 4.97. The highest BCUT2D eigenvalue weighted by Gasteiger charge is 2.50. The Kier molecular flexibility index (Phi) is 5.58. The molecule has 4 amide bonds. The van der Waals surface area contributed by atoms with Gasteiger partial charge in [-0.3, -0.25) is 14.5 Å². The first kappa shape index (κ1) is 21.5. The fraction of sp³-hybridized carbons (Fsp3) is 0.609. The first-order valence-corrected chi connectivity index (χ1v) is 10.9. The van der Waals surface area contributed by atoms with E-state index in [2.05, 4.69) is 10.6 Å². The molecule has 1 aromatic rings. The second-order valence-corrected chi connectivity index (χ2v) is 9.21. The highest BCUT2D eigenvalue weighted by atomic mass is 16.5. The minimum Gasteiger partial charge on any atom is -0.493 e. The van der Waals surface area contributed by atoms with Gasteiger partial charge in [0.25, 0.3) is 5.91 Å². The molecule has 1 saturated heterocycles. The van der Waals surface area contributed by atoms with Crippen molar-refractivity contribution in [2.24, 2.45) is 17.8 Å². The van der Waals surface area contributed by atoms with E-state index in [9.17, 15) is 14.4 Å². The summed E-state index contributed by atoms with van der Waals surface area (Å²) in [7, 11) is 3.03. The van der Waals surface area contributed by atoms with Crippen LogP contribution in [0.25, 0.3) is 0 Å². The fourth-order valence-electron chi connectivity index (χ4n) is 5.64. The van der Waals surface area contributed by atoms with E-state index in [1.165, 1.54) is 33.5 Å². The van der Waals surface area contributed by atoms with Crippen molar-refractivity contribution >= 4 is 17.8 Å². The molecular weight excluding hydrogens is 398 g/mol. The third-order valence-corrected chi connectivity index (χ3v) is 7.36. The average molecular weight is 430 g/mol. The standard InChI is InChI=1S/C23H31N3O5/c1-13(17-10-14-5-6-15(17)9-14)24-20(27)12-26-21(28)23(2,25-22(26)29)16-7-8-18(30-3)19(11-16)31-4/h7-8,11,13-15,17H,5-6,9-10,12H2,1-4H3,(H,24,27)(H,25,29)/t13-,14+,15+,17-,23+/m1/s1. The molecule has 1 aromatic carbocycles. The Morgan fingerprint density at radius 2 is 1.97 bits per heavy atom. The van der Waals surface area contributed by atoms with Gasteiger partial charge in [-0.2, -0.15) is 0 Å². The predicted octanol–water partition coefficient (Wildman–Crippen LogP) is 2.41. The summed E-state index contributed by atoms with van der Waals surface area (Å²) in [5, 5.41) is 5.76. The molecule has 1 aliphatic heterocycles. The van der Waals surface area contributed by atoms with Gasteiger partial charge in [0.05, 0.1) is 14.2 Å². The fourth-order valence-corrected chi connectivity index (χ4v) is 5.64. The minimum absolute atomic E-state index is 0.0424. The van der Waals surface area contributed by atoms with Crippen LogP contribution >= 0.6 is 0 Å². The molecule has 31 heavy (non-hydrogen) atoms. The monoisotopic (exact) mass is 429 g/mol. The predicted molar refractivity (Wildman–Crippen MR) is 114 cm³/mol. The molecule has 2 aliphatic carbocycles. The normalized spacial score (nSPS) is 30.3. The molecule has 4 rings (SSSR count). The highest BCUT2D eigenvalue weighted by molar-refractivity contribution is 6.09. The summed E-state index contributed by atoms with van der Waals surface area (Å²) >= 11 is 0. The van der Waals surface area contributed by atoms with Crippen LogP contribution in [0.4, 0.5) is 4.79 Å². The zero-order chi connectivity index (χ0) is 22.3.